The molecule has 3 aliphatic heterocycles. The van der Waals surface area contributed by atoms with E-state index in [0.29, 0.717) is 18.0 Å². The number of aliphatic hydroxyl groups excluding tert-OH is 1. The first kappa shape index (κ1) is 22.0. The second-order valence-electron chi connectivity index (χ2n) is 8.57. The summed E-state index contributed by atoms with van der Waals surface area (Å²) >= 11 is 0. The van der Waals surface area contributed by atoms with E-state index in [9.17, 15) is 9.90 Å². The fraction of sp³-hybridized carbons (Fsp3) is 0.458. The molecule has 2 bridgehead atoms. The number of nitrogens with zero attached hydrogens (tertiary/aromatic N) is 2. The summed E-state index contributed by atoms with van der Waals surface area (Å²) in [5.41, 5.74) is 1.83. The van der Waals surface area contributed by atoms with Crippen molar-refractivity contribution in [3.63, 3.8) is 0 Å². The zero-order valence-corrected chi connectivity index (χ0v) is 18.6. The van der Waals surface area contributed by atoms with Crippen molar-refractivity contribution in [2.45, 2.75) is 30.6 Å². The number of para-hydroxylation sites is 1. The van der Waals surface area contributed by atoms with Gasteiger partial charge in [0, 0.05) is 37.6 Å². The summed E-state index contributed by atoms with van der Waals surface area (Å²) in [6.45, 7) is 3.58. The summed E-state index contributed by atoms with van der Waals surface area (Å²) in [6.07, 6.45) is -1.68. The van der Waals surface area contributed by atoms with Crippen LogP contribution in [0.25, 0.3) is 0 Å². The Morgan fingerprint density at radius 3 is 2.48 bits per heavy atom. The molecule has 2 amide bonds. The molecule has 0 saturated carbocycles. The van der Waals surface area contributed by atoms with Crippen molar-refractivity contribution in [2.24, 2.45) is 0 Å². The first-order chi connectivity index (χ1) is 16.1. The minimum Gasteiger partial charge on any atom is -0.497 e. The van der Waals surface area contributed by atoms with Gasteiger partial charge in [0.15, 0.2) is 6.29 Å². The molecule has 5 rings (SSSR count). The summed E-state index contributed by atoms with van der Waals surface area (Å²) < 4.78 is 17.0. The molecule has 0 spiro atoms. The normalized spacial score (nSPS) is 29.5. The second-order valence-corrected chi connectivity index (χ2v) is 8.57. The lowest BCUT2D eigenvalue weighted by atomic mass is 9.94. The third-order valence-corrected chi connectivity index (χ3v) is 6.63. The lowest BCUT2D eigenvalue weighted by Crippen LogP contribution is -2.67. The molecule has 5 atom stereocenters. The number of methoxy groups -OCH3 is 1. The molecule has 176 valence electrons. The van der Waals surface area contributed by atoms with Crippen molar-refractivity contribution in [1.29, 1.82) is 0 Å². The van der Waals surface area contributed by atoms with Crippen molar-refractivity contribution >= 4 is 17.4 Å². The SMILES string of the molecule is COc1ccc(NC(=O)NC2C3COC(O3)C(N3CCN(c4ccccc4)CC3)C2O)cc1. The van der Waals surface area contributed by atoms with E-state index in [1.807, 2.05) is 18.2 Å². The van der Waals surface area contributed by atoms with Crippen LogP contribution in [0.5, 0.6) is 5.75 Å². The average Bonchev–Trinajstić information content (AvgIpc) is 3.28. The topological polar surface area (TPSA) is 95.5 Å². The summed E-state index contributed by atoms with van der Waals surface area (Å²) in [4.78, 5) is 17.2. The van der Waals surface area contributed by atoms with Crippen LogP contribution in [0.2, 0.25) is 0 Å². The highest BCUT2D eigenvalue weighted by Gasteiger charge is 2.52. The Bertz CT molecular complexity index is 936. The molecule has 3 heterocycles. The number of anilines is 2. The maximum absolute atomic E-state index is 12.7. The molecule has 9 heteroatoms. The third kappa shape index (κ3) is 4.63. The molecule has 3 saturated heterocycles. The summed E-state index contributed by atoms with van der Waals surface area (Å²) in [5.74, 6) is 0.710. The molecule has 0 radical (unpaired) electrons. The van der Waals surface area contributed by atoms with Crippen LogP contribution in [0.15, 0.2) is 54.6 Å². The lowest BCUT2D eigenvalue weighted by molar-refractivity contribution is -0.181. The van der Waals surface area contributed by atoms with Crippen molar-refractivity contribution in [3.8, 4) is 5.75 Å². The molecule has 33 heavy (non-hydrogen) atoms. The van der Waals surface area contributed by atoms with Gasteiger partial charge in [-0.1, -0.05) is 18.2 Å². The summed E-state index contributed by atoms with van der Waals surface area (Å²) in [5, 5.41) is 17.0. The molecular weight excluding hydrogens is 424 g/mol. The van der Waals surface area contributed by atoms with Crippen molar-refractivity contribution < 1.29 is 24.1 Å². The van der Waals surface area contributed by atoms with Gasteiger partial charge in [0.1, 0.15) is 11.9 Å². The van der Waals surface area contributed by atoms with E-state index in [4.69, 9.17) is 14.2 Å². The highest BCUT2D eigenvalue weighted by molar-refractivity contribution is 5.89. The van der Waals surface area contributed by atoms with Crippen LogP contribution in [0.1, 0.15) is 0 Å². The van der Waals surface area contributed by atoms with Gasteiger partial charge in [-0.15, -0.1) is 0 Å². The van der Waals surface area contributed by atoms with E-state index in [0.717, 1.165) is 26.2 Å². The number of carbonyl (C=O) groups is 1. The maximum Gasteiger partial charge on any atom is 0.319 e. The van der Waals surface area contributed by atoms with Gasteiger partial charge in [0.05, 0.1) is 31.9 Å². The number of hydrogen-bond donors (Lipinski definition) is 3. The van der Waals surface area contributed by atoms with Crippen LogP contribution >= 0.6 is 0 Å². The van der Waals surface area contributed by atoms with Crippen molar-refractivity contribution in [3.05, 3.63) is 54.6 Å². The standard InChI is InChI=1S/C24H30N4O5/c1-31-18-9-7-16(8-10-18)25-24(30)26-20-19-15-32-23(33-19)21(22(20)29)28-13-11-27(12-14-28)17-5-3-2-4-6-17/h2-10,19-23,29H,11-15H2,1H3,(H2,25,26,30). The van der Waals surface area contributed by atoms with Gasteiger partial charge in [-0.05, 0) is 36.4 Å². The maximum atomic E-state index is 12.7. The third-order valence-electron chi connectivity index (χ3n) is 6.63. The molecule has 0 aliphatic carbocycles. The quantitative estimate of drug-likeness (QED) is 0.630. The Labute approximate surface area is 193 Å². The molecular formula is C24H30N4O5. The molecule has 0 aromatic heterocycles. The summed E-state index contributed by atoms with van der Waals surface area (Å²) in [6, 6.07) is 16.1. The number of urea groups is 1. The zero-order valence-electron chi connectivity index (χ0n) is 18.6. The number of nitrogens with one attached hydrogen (secondary N) is 2. The number of rotatable bonds is 5. The molecule has 5 unspecified atom stereocenters. The molecule has 3 N–H and O–H groups in total. The van der Waals surface area contributed by atoms with E-state index in [-0.39, 0.29) is 12.1 Å². The number of ether oxygens (including phenoxy) is 3. The Morgan fingerprint density at radius 1 is 1.06 bits per heavy atom. The molecule has 3 fully saturated rings. The Hall–Kier alpha value is -2.85. The van der Waals surface area contributed by atoms with E-state index in [1.54, 1.807) is 31.4 Å². The van der Waals surface area contributed by atoms with Gasteiger partial charge < -0.3 is 34.9 Å². The van der Waals surface area contributed by atoms with Gasteiger partial charge in [-0.2, -0.15) is 0 Å². The fourth-order valence-corrected chi connectivity index (χ4v) is 4.88. The minimum atomic E-state index is -0.804. The number of hydrogen-bond acceptors (Lipinski definition) is 7. The number of carbonyl (C=O) groups excluding carboxylic acids is 1. The van der Waals surface area contributed by atoms with Crippen LogP contribution in [-0.4, -0.2) is 86.5 Å². The van der Waals surface area contributed by atoms with Gasteiger partial charge in [0.25, 0.3) is 0 Å². The average molecular weight is 455 g/mol. The number of piperazine rings is 1. The zero-order chi connectivity index (χ0) is 22.8. The predicted octanol–water partition coefficient (Wildman–Crippen LogP) is 1.49. The van der Waals surface area contributed by atoms with Crippen LogP contribution in [0.4, 0.5) is 16.2 Å². The minimum absolute atomic E-state index is 0.340. The van der Waals surface area contributed by atoms with Crippen LogP contribution in [-0.2, 0) is 9.47 Å². The predicted molar refractivity (Wildman–Crippen MR) is 124 cm³/mol. The van der Waals surface area contributed by atoms with E-state index < -0.39 is 24.5 Å². The first-order valence-corrected chi connectivity index (χ1v) is 11.3. The first-order valence-electron chi connectivity index (χ1n) is 11.3. The van der Waals surface area contributed by atoms with Crippen molar-refractivity contribution in [2.75, 3.05) is 50.1 Å². The van der Waals surface area contributed by atoms with Gasteiger partial charge in [0.2, 0.25) is 0 Å². The Morgan fingerprint density at radius 2 is 1.79 bits per heavy atom. The molecule has 2 aromatic rings. The monoisotopic (exact) mass is 454 g/mol. The van der Waals surface area contributed by atoms with Crippen LogP contribution < -0.4 is 20.3 Å². The molecule has 2 aromatic carbocycles. The number of amides is 2. The van der Waals surface area contributed by atoms with Gasteiger partial charge >= 0.3 is 6.03 Å². The Balaban J connectivity index is 1.21. The number of benzene rings is 2. The largest absolute Gasteiger partial charge is 0.497 e. The van der Waals surface area contributed by atoms with Gasteiger partial charge in [-0.3, -0.25) is 4.90 Å². The molecule has 3 aliphatic rings. The van der Waals surface area contributed by atoms with Crippen molar-refractivity contribution in [1.82, 2.24) is 10.2 Å². The van der Waals surface area contributed by atoms with Crippen LogP contribution in [0, 0.1) is 0 Å². The Kier molecular flexibility index (Phi) is 6.37. The van der Waals surface area contributed by atoms with E-state index in [1.165, 1.54) is 5.69 Å². The second kappa shape index (κ2) is 9.56. The lowest BCUT2D eigenvalue weighted by Gasteiger charge is -2.47. The van der Waals surface area contributed by atoms with Gasteiger partial charge in [-0.25, -0.2) is 4.79 Å². The fourth-order valence-electron chi connectivity index (χ4n) is 4.88. The number of aliphatic hydroxyl groups is 1. The molecule has 9 nitrogen and oxygen atoms in total. The highest BCUT2D eigenvalue weighted by atomic mass is 16.7. The van der Waals surface area contributed by atoms with Crippen LogP contribution in [0.3, 0.4) is 0 Å². The highest BCUT2D eigenvalue weighted by Crippen LogP contribution is 2.32. The smallest absolute Gasteiger partial charge is 0.319 e. The number of fused-ring (bicyclic) bond motifs is 2. The van der Waals surface area contributed by atoms with E-state index >= 15 is 0 Å². The summed E-state index contributed by atoms with van der Waals surface area (Å²) in [7, 11) is 1.59. The van der Waals surface area contributed by atoms with E-state index in [2.05, 4.69) is 32.6 Å².